The summed E-state index contributed by atoms with van der Waals surface area (Å²) in [4.78, 5) is 2.36. The maximum atomic E-state index is 10.2. The van der Waals surface area contributed by atoms with Gasteiger partial charge in [0.15, 0.2) is 0 Å². The van der Waals surface area contributed by atoms with Gasteiger partial charge >= 0.3 is 0 Å². The second-order valence-electron chi connectivity index (χ2n) is 5.86. The Hall–Kier alpha value is -1.26. The van der Waals surface area contributed by atoms with Crippen LogP contribution in [0.25, 0.3) is 0 Å². The molecule has 0 aliphatic carbocycles. The summed E-state index contributed by atoms with van der Waals surface area (Å²) in [6.45, 7) is 6.54. The lowest BCUT2D eigenvalue weighted by Crippen LogP contribution is -2.46. The number of nitrogens with zero attached hydrogens (tertiary/aromatic N) is 1. The van der Waals surface area contributed by atoms with Crippen molar-refractivity contribution in [3.8, 4) is 5.75 Å². The topological polar surface area (TPSA) is 58.7 Å². The van der Waals surface area contributed by atoms with Crippen LogP contribution >= 0.6 is 0 Å². The van der Waals surface area contributed by atoms with Gasteiger partial charge in [0.1, 0.15) is 18.5 Å². The molecule has 1 aromatic rings. The highest BCUT2D eigenvalue weighted by Gasteiger charge is 2.26. The van der Waals surface area contributed by atoms with E-state index in [1.165, 1.54) is 12.8 Å². The molecular formula is C16H26N2O2. The number of β-amino-alcohol motifs (C(OH)–C–C–N with tert-alkyl or cyclic N) is 1. The molecule has 0 aromatic heterocycles. The van der Waals surface area contributed by atoms with Gasteiger partial charge in [0.2, 0.25) is 0 Å². The number of aliphatic hydroxyl groups excluding tert-OH is 1. The van der Waals surface area contributed by atoms with Crippen LogP contribution in [0.1, 0.15) is 26.7 Å². The summed E-state index contributed by atoms with van der Waals surface area (Å²) < 4.78 is 5.60. The SMILES string of the molecule is CC1CCCN(CC(O)COc2ccccc2N)C1C. The fourth-order valence-corrected chi connectivity index (χ4v) is 2.80. The first-order valence-corrected chi connectivity index (χ1v) is 7.47. The molecule has 4 nitrogen and oxygen atoms in total. The highest BCUT2D eigenvalue weighted by atomic mass is 16.5. The zero-order valence-electron chi connectivity index (χ0n) is 12.5. The molecule has 1 fully saturated rings. The molecule has 0 radical (unpaired) electrons. The Kier molecular flexibility index (Phi) is 5.26. The van der Waals surface area contributed by atoms with Gasteiger partial charge in [-0.15, -0.1) is 0 Å². The zero-order chi connectivity index (χ0) is 14.5. The van der Waals surface area contributed by atoms with Crippen LogP contribution < -0.4 is 10.5 Å². The molecule has 0 amide bonds. The molecule has 0 spiro atoms. The first-order valence-electron chi connectivity index (χ1n) is 7.47. The van der Waals surface area contributed by atoms with E-state index in [2.05, 4.69) is 18.7 Å². The molecule has 2 rings (SSSR count). The summed E-state index contributed by atoms with van der Waals surface area (Å²) in [6, 6.07) is 7.91. The van der Waals surface area contributed by atoms with Gasteiger partial charge < -0.3 is 15.6 Å². The summed E-state index contributed by atoms with van der Waals surface area (Å²) in [5.41, 5.74) is 6.43. The number of benzene rings is 1. The van der Waals surface area contributed by atoms with Crippen molar-refractivity contribution >= 4 is 5.69 Å². The van der Waals surface area contributed by atoms with Crippen LogP contribution in [-0.4, -0.2) is 41.8 Å². The highest BCUT2D eigenvalue weighted by Crippen LogP contribution is 2.23. The predicted octanol–water partition coefficient (Wildman–Crippen LogP) is 2.13. The van der Waals surface area contributed by atoms with Crippen molar-refractivity contribution < 1.29 is 9.84 Å². The van der Waals surface area contributed by atoms with E-state index in [-0.39, 0.29) is 6.61 Å². The van der Waals surface area contributed by atoms with Gasteiger partial charge in [-0.25, -0.2) is 0 Å². The van der Waals surface area contributed by atoms with Crippen LogP contribution in [0.3, 0.4) is 0 Å². The number of nitrogen functional groups attached to an aromatic ring is 1. The lowest BCUT2D eigenvalue weighted by molar-refractivity contribution is 0.0293. The summed E-state index contributed by atoms with van der Waals surface area (Å²) in [5.74, 6) is 1.34. The monoisotopic (exact) mass is 278 g/mol. The van der Waals surface area contributed by atoms with E-state index < -0.39 is 6.10 Å². The van der Waals surface area contributed by atoms with Crippen LogP contribution in [0.2, 0.25) is 0 Å². The molecule has 1 aromatic carbocycles. The standard InChI is InChI=1S/C16H26N2O2/c1-12-6-5-9-18(13(12)2)10-14(19)11-20-16-8-4-3-7-15(16)17/h3-4,7-8,12-14,19H,5-6,9-11,17H2,1-2H3. The Morgan fingerprint density at radius 1 is 1.40 bits per heavy atom. The normalized spacial score (nSPS) is 25.4. The second kappa shape index (κ2) is 6.95. The smallest absolute Gasteiger partial charge is 0.142 e. The fraction of sp³-hybridized carbons (Fsp3) is 0.625. The Bertz CT molecular complexity index is 425. The van der Waals surface area contributed by atoms with Gasteiger partial charge in [-0.1, -0.05) is 19.1 Å². The minimum absolute atomic E-state index is 0.284. The zero-order valence-corrected chi connectivity index (χ0v) is 12.5. The molecule has 1 saturated heterocycles. The number of ether oxygens (including phenoxy) is 1. The molecule has 1 aliphatic heterocycles. The second-order valence-corrected chi connectivity index (χ2v) is 5.86. The van der Waals surface area contributed by atoms with E-state index in [1.807, 2.05) is 18.2 Å². The molecule has 20 heavy (non-hydrogen) atoms. The molecule has 0 saturated carbocycles. The van der Waals surface area contributed by atoms with E-state index in [0.29, 0.717) is 29.9 Å². The average Bonchev–Trinajstić information content (AvgIpc) is 2.43. The number of likely N-dealkylation sites (tertiary alicyclic amines) is 1. The highest BCUT2D eigenvalue weighted by molar-refractivity contribution is 5.51. The summed E-state index contributed by atoms with van der Waals surface area (Å²) in [7, 11) is 0. The minimum atomic E-state index is -0.484. The quantitative estimate of drug-likeness (QED) is 0.810. The maximum absolute atomic E-state index is 10.2. The van der Waals surface area contributed by atoms with Gasteiger partial charge in [-0.2, -0.15) is 0 Å². The van der Waals surface area contributed by atoms with Crippen LogP contribution in [-0.2, 0) is 0 Å². The molecule has 4 heteroatoms. The van der Waals surface area contributed by atoms with E-state index in [1.54, 1.807) is 6.07 Å². The van der Waals surface area contributed by atoms with Crippen LogP contribution in [0, 0.1) is 5.92 Å². The van der Waals surface area contributed by atoms with Gasteiger partial charge in [0.05, 0.1) is 5.69 Å². The van der Waals surface area contributed by atoms with E-state index >= 15 is 0 Å². The largest absolute Gasteiger partial charge is 0.489 e. The fourth-order valence-electron chi connectivity index (χ4n) is 2.80. The number of piperidine rings is 1. The first-order chi connectivity index (χ1) is 9.58. The van der Waals surface area contributed by atoms with E-state index in [0.717, 1.165) is 6.54 Å². The third-order valence-electron chi connectivity index (χ3n) is 4.30. The van der Waals surface area contributed by atoms with Crippen LogP contribution in [0.5, 0.6) is 5.75 Å². The number of para-hydroxylation sites is 2. The number of anilines is 1. The van der Waals surface area contributed by atoms with E-state index in [9.17, 15) is 5.11 Å². The molecule has 0 bridgehead atoms. The van der Waals surface area contributed by atoms with Crippen molar-refractivity contribution in [3.63, 3.8) is 0 Å². The molecule has 3 unspecified atom stereocenters. The Morgan fingerprint density at radius 3 is 2.90 bits per heavy atom. The van der Waals surface area contributed by atoms with Crippen LogP contribution in [0.15, 0.2) is 24.3 Å². The average molecular weight is 278 g/mol. The van der Waals surface area contributed by atoms with Crippen molar-refractivity contribution in [1.82, 2.24) is 4.90 Å². The lowest BCUT2D eigenvalue weighted by Gasteiger charge is -2.38. The Balaban J connectivity index is 1.80. The third kappa shape index (κ3) is 3.87. The van der Waals surface area contributed by atoms with Crippen LogP contribution in [0.4, 0.5) is 5.69 Å². The van der Waals surface area contributed by atoms with Crippen molar-refractivity contribution in [2.45, 2.75) is 38.8 Å². The number of hydrogen-bond donors (Lipinski definition) is 2. The first kappa shape index (κ1) is 15.1. The van der Waals surface area contributed by atoms with Crippen molar-refractivity contribution in [2.24, 2.45) is 5.92 Å². The third-order valence-corrected chi connectivity index (χ3v) is 4.30. The predicted molar refractivity (Wildman–Crippen MR) is 81.8 cm³/mol. The summed E-state index contributed by atoms with van der Waals surface area (Å²) in [5, 5.41) is 10.2. The molecule has 112 valence electrons. The maximum Gasteiger partial charge on any atom is 0.142 e. The van der Waals surface area contributed by atoms with Gasteiger partial charge in [0.25, 0.3) is 0 Å². The van der Waals surface area contributed by atoms with Gasteiger partial charge in [-0.05, 0) is 44.4 Å². The molecule has 3 atom stereocenters. The van der Waals surface area contributed by atoms with Gasteiger partial charge in [0, 0.05) is 12.6 Å². The Morgan fingerprint density at radius 2 is 2.15 bits per heavy atom. The molecule has 1 heterocycles. The number of aliphatic hydroxyl groups is 1. The number of nitrogens with two attached hydrogens (primary N) is 1. The molecular weight excluding hydrogens is 252 g/mol. The summed E-state index contributed by atoms with van der Waals surface area (Å²) >= 11 is 0. The molecule has 3 N–H and O–H groups in total. The minimum Gasteiger partial charge on any atom is -0.489 e. The van der Waals surface area contributed by atoms with Crippen molar-refractivity contribution in [1.29, 1.82) is 0 Å². The van der Waals surface area contributed by atoms with Crippen molar-refractivity contribution in [3.05, 3.63) is 24.3 Å². The lowest BCUT2D eigenvalue weighted by atomic mass is 9.92. The molecule has 1 aliphatic rings. The van der Waals surface area contributed by atoms with Crippen molar-refractivity contribution in [2.75, 3.05) is 25.4 Å². The summed E-state index contributed by atoms with van der Waals surface area (Å²) in [6.07, 6.45) is 2.01. The number of rotatable bonds is 5. The number of hydrogen-bond acceptors (Lipinski definition) is 4. The van der Waals surface area contributed by atoms with E-state index in [4.69, 9.17) is 10.5 Å². The Labute approximate surface area is 121 Å². The van der Waals surface area contributed by atoms with Gasteiger partial charge in [-0.3, -0.25) is 4.90 Å².